The molecule has 0 aliphatic heterocycles. The fourth-order valence-corrected chi connectivity index (χ4v) is 2.83. The predicted octanol–water partition coefficient (Wildman–Crippen LogP) is 1.84. The van der Waals surface area contributed by atoms with E-state index in [1.807, 2.05) is 0 Å². The molecule has 0 spiro atoms. The summed E-state index contributed by atoms with van der Waals surface area (Å²) in [6.07, 6.45) is 1.07. The lowest BCUT2D eigenvalue weighted by atomic mass is 10.1. The molecule has 78 valence electrons. The van der Waals surface area contributed by atoms with E-state index in [0.717, 1.165) is 12.5 Å². The number of hydrogen-bond acceptors (Lipinski definition) is 2. The second-order valence-electron chi connectivity index (χ2n) is 3.23. The fourth-order valence-electron chi connectivity index (χ4n) is 1.54. The van der Waals surface area contributed by atoms with E-state index in [1.54, 1.807) is 14.2 Å². The van der Waals surface area contributed by atoms with E-state index in [9.17, 15) is 0 Å². The van der Waals surface area contributed by atoms with Gasteiger partial charge in [-0.15, -0.1) is 0 Å². The Morgan fingerprint density at radius 3 is 2.14 bits per heavy atom. The minimum Gasteiger partial charge on any atom is -0.400 e. The molecule has 0 unspecified atom stereocenters. The summed E-state index contributed by atoms with van der Waals surface area (Å²) in [5.74, 6) is 0. The zero-order valence-corrected chi connectivity index (χ0v) is 10.3. The van der Waals surface area contributed by atoms with E-state index in [1.165, 1.54) is 11.1 Å². The lowest BCUT2D eigenvalue weighted by Gasteiger charge is -2.13. The van der Waals surface area contributed by atoms with Gasteiger partial charge in [0.2, 0.25) is 0 Å². The van der Waals surface area contributed by atoms with E-state index < -0.39 is 9.28 Å². The highest BCUT2D eigenvalue weighted by molar-refractivity contribution is 6.43. The van der Waals surface area contributed by atoms with E-state index in [0.29, 0.717) is 0 Å². The van der Waals surface area contributed by atoms with Crippen molar-refractivity contribution in [2.45, 2.75) is 19.4 Å². The van der Waals surface area contributed by atoms with Gasteiger partial charge in [-0.3, -0.25) is 0 Å². The van der Waals surface area contributed by atoms with Crippen molar-refractivity contribution in [3.8, 4) is 0 Å². The first-order valence-electron chi connectivity index (χ1n) is 4.94. The Morgan fingerprint density at radius 1 is 1.07 bits per heavy atom. The van der Waals surface area contributed by atoms with Crippen molar-refractivity contribution in [3.63, 3.8) is 0 Å². The zero-order chi connectivity index (χ0) is 10.4. The van der Waals surface area contributed by atoms with Crippen LogP contribution in [0, 0.1) is 0 Å². The van der Waals surface area contributed by atoms with Crippen molar-refractivity contribution in [2.24, 2.45) is 0 Å². The highest BCUT2D eigenvalue weighted by Crippen LogP contribution is 2.11. The molecule has 0 N–H and O–H groups in total. The summed E-state index contributed by atoms with van der Waals surface area (Å²) in [6, 6.07) is 9.45. The Bertz CT molecular complexity index is 272. The van der Waals surface area contributed by atoms with E-state index >= 15 is 0 Å². The minimum absolute atomic E-state index is 0.955. The third-order valence-electron chi connectivity index (χ3n) is 2.41. The van der Waals surface area contributed by atoms with Gasteiger partial charge < -0.3 is 8.85 Å². The Hall–Kier alpha value is -0.643. The van der Waals surface area contributed by atoms with Gasteiger partial charge in [-0.2, -0.15) is 0 Å². The molecule has 1 aromatic carbocycles. The van der Waals surface area contributed by atoms with Crippen molar-refractivity contribution < 1.29 is 8.85 Å². The van der Waals surface area contributed by atoms with Crippen LogP contribution in [0.25, 0.3) is 0 Å². The first-order chi connectivity index (χ1) is 6.81. The molecule has 0 aliphatic carbocycles. The molecule has 2 nitrogen and oxygen atoms in total. The van der Waals surface area contributed by atoms with Gasteiger partial charge >= 0.3 is 9.28 Å². The van der Waals surface area contributed by atoms with Crippen LogP contribution in [0.2, 0.25) is 0 Å². The molecule has 14 heavy (non-hydrogen) atoms. The van der Waals surface area contributed by atoms with Gasteiger partial charge in [0.05, 0.1) is 0 Å². The van der Waals surface area contributed by atoms with Gasteiger partial charge in [0.25, 0.3) is 0 Å². The molecule has 0 heterocycles. The van der Waals surface area contributed by atoms with E-state index in [-0.39, 0.29) is 0 Å². The second kappa shape index (κ2) is 5.96. The van der Waals surface area contributed by atoms with Crippen LogP contribution in [0.4, 0.5) is 0 Å². The minimum atomic E-state index is -1.46. The summed E-state index contributed by atoms with van der Waals surface area (Å²) >= 11 is 0. The molecule has 0 bridgehead atoms. The summed E-state index contributed by atoms with van der Waals surface area (Å²) in [5.41, 5.74) is 2.77. The smallest absolute Gasteiger partial charge is 0.325 e. The Morgan fingerprint density at radius 2 is 1.64 bits per heavy atom. The summed E-state index contributed by atoms with van der Waals surface area (Å²) in [7, 11) is 2.00. The van der Waals surface area contributed by atoms with Crippen molar-refractivity contribution in [3.05, 3.63) is 35.4 Å². The van der Waals surface area contributed by atoms with Crippen LogP contribution in [0.1, 0.15) is 18.1 Å². The Labute approximate surface area is 87.7 Å². The molecule has 3 heteroatoms. The van der Waals surface area contributed by atoms with Gasteiger partial charge in [0.15, 0.2) is 0 Å². The normalized spacial score (nSPS) is 10.9. The van der Waals surface area contributed by atoms with Crippen LogP contribution >= 0.6 is 0 Å². The number of rotatable bonds is 5. The lowest BCUT2D eigenvalue weighted by Crippen LogP contribution is -2.23. The molecule has 0 atom stereocenters. The molecule has 0 aliphatic rings. The summed E-state index contributed by atoms with van der Waals surface area (Å²) in [5, 5.41) is 0. The molecular weight excluding hydrogens is 192 g/mol. The number of aryl methyl sites for hydroxylation is 1. The molecule has 0 fully saturated rings. The van der Waals surface area contributed by atoms with Gasteiger partial charge in [-0.05, 0) is 17.5 Å². The Kier molecular flexibility index (Phi) is 4.86. The summed E-state index contributed by atoms with van der Waals surface area (Å²) in [6.45, 7) is 2.18. The average molecular weight is 210 g/mol. The quantitative estimate of drug-likeness (QED) is 0.691. The molecule has 0 saturated carbocycles. The van der Waals surface area contributed by atoms with Crippen molar-refractivity contribution in [1.82, 2.24) is 0 Å². The summed E-state index contributed by atoms with van der Waals surface area (Å²) < 4.78 is 10.6. The molecule has 0 saturated heterocycles. The van der Waals surface area contributed by atoms with Crippen molar-refractivity contribution >= 4 is 9.28 Å². The molecule has 0 radical (unpaired) electrons. The van der Waals surface area contributed by atoms with Crippen LogP contribution in [0.15, 0.2) is 24.3 Å². The first kappa shape index (κ1) is 11.4. The van der Waals surface area contributed by atoms with E-state index in [4.69, 9.17) is 8.85 Å². The number of hydrogen-bond donors (Lipinski definition) is 0. The van der Waals surface area contributed by atoms with Gasteiger partial charge in [0.1, 0.15) is 0 Å². The topological polar surface area (TPSA) is 18.5 Å². The average Bonchev–Trinajstić information content (AvgIpc) is 2.26. The van der Waals surface area contributed by atoms with Crippen LogP contribution < -0.4 is 0 Å². The maximum absolute atomic E-state index is 5.32. The lowest BCUT2D eigenvalue weighted by molar-refractivity contribution is 0.277. The summed E-state index contributed by atoms with van der Waals surface area (Å²) in [4.78, 5) is 0. The fraction of sp³-hybridized carbons (Fsp3) is 0.455. The standard InChI is InChI=1S/C11H18O2Si/c1-4-10-7-5-6-8-11(10)9-14(12-2)13-3/h5-8,14H,4,9H2,1-3H3. The van der Waals surface area contributed by atoms with Crippen molar-refractivity contribution in [1.29, 1.82) is 0 Å². The molecule has 1 rings (SSSR count). The second-order valence-corrected chi connectivity index (χ2v) is 5.44. The monoisotopic (exact) mass is 210 g/mol. The highest BCUT2D eigenvalue weighted by Gasteiger charge is 2.12. The molecule has 0 amide bonds. The van der Waals surface area contributed by atoms with Crippen LogP contribution in [-0.4, -0.2) is 23.5 Å². The SMILES string of the molecule is CCc1ccccc1C[SiH](OC)OC. The van der Waals surface area contributed by atoms with Gasteiger partial charge in [-0.1, -0.05) is 31.2 Å². The number of benzene rings is 1. The maximum atomic E-state index is 5.32. The van der Waals surface area contributed by atoms with Crippen LogP contribution in [-0.2, 0) is 21.3 Å². The van der Waals surface area contributed by atoms with Gasteiger partial charge in [-0.25, -0.2) is 0 Å². The van der Waals surface area contributed by atoms with Crippen LogP contribution in [0.3, 0.4) is 0 Å². The van der Waals surface area contributed by atoms with Gasteiger partial charge in [0, 0.05) is 20.3 Å². The molecule has 0 aromatic heterocycles. The highest BCUT2D eigenvalue weighted by atomic mass is 28.3. The van der Waals surface area contributed by atoms with Crippen molar-refractivity contribution in [2.75, 3.05) is 14.2 Å². The zero-order valence-electron chi connectivity index (χ0n) is 9.12. The Balaban J connectivity index is 2.74. The van der Waals surface area contributed by atoms with Crippen LogP contribution in [0.5, 0.6) is 0 Å². The largest absolute Gasteiger partial charge is 0.400 e. The third-order valence-corrected chi connectivity index (χ3v) is 4.24. The predicted molar refractivity (Wildman–Crippen MR) is 60.7 cm³/mol. The van der Waals surface area contributed by atoms with E-state index in [2.05, 4.69) is 31.2 Å². The third kappa shape index (κ3) is 2.94. The molecule has 1 aromatic rings. The molecular formula is C11H18O2Si. The maximum Gasteiger partial charge on any atom is 0.325 e. The first-order valence-corrected chi connectivity index (χ1v) is 6.70.